The van der Waals surface area contributed by atoms with Crippen LogP contribution in [-0.4, -0.2) is 21.6 Å². The Morgan fingerprint density at radius 1 is 0.969 bits per heavy atom. The molecule has 6 nitrogen and oxygen atoms in total. The van der Waals surface area contributed by atoms with E-state index in [9.17, 15) is 9.59 Å². The van der Waals surface area contributed by atoms with E-state index < -0.39 is 6.04 Å². The maximum Gasteiger partial charge on any atom is 0.247 e. The Labute approximate surface area is 190 Å². The first-order chi connectivity index (χ1) is 15.3. The molecule has 2 N–H and O–H groups in total. The smallest absolute Gasteiger partial charge is 0.247 e. The molecule has 0 fully saturated rings. The summed E-state index contributed by atoms with van der Waals surface area (Å²) in [7, 11) is 0. The minimum absolute atomic E-state index is 0.132. The number of aryl methyl sites for hydroxylation is 1. The van der Waals surface area contributed by atoms with E-state index in [0.717, 1.165) is 22.5 Å². The number of carbonyl (C=O) groups excluding carboxylic acids is 2. The van der Waals surface area contributed by atoms with Crippen molar-refractivity contribution in [2.24, 2.45) is 5.92 Å². The Morgan fingerprint density at radius 3 is 2.22 bits per heavy atom. The fourth-order valence-corrected chi connectivity index (χ4v) is 3.71. The fourth-order valence-electron chi connectivity index (χ4n) is 3.71. The molecule has 1 atom stereocenters. The lowest BCUT2D eigenvalue weighted by Crippen LogP contribution is -2.40. The van der Waals surface area contributed by atoms with E-state index in [1.54, 1.807) is 0 Å². The second-order valence-electron chi connectivity index (χ2n) is 8.52. The van der Waals surface area contributed by atoms with Gasteiger partial charge in [-0.15, -0.1) is 0 Å². The molecule has 6 heteroatoms. The van der Waals surface area contributed by atoms with Crippen LogP contribution < -0.4 is 10.6 Å². The molecule has 3 aromatic rings. The van der Waals surface area contributed by atoms with Gasteiger partial charge in [-0.25, -0.2) is 0 Å². The van der Waals surface area contributed by atoms with Crippen LogP contribution in [0.1, 0.15) is 54.4 Å². The summed E-state index contributed by atoms with van der Waals surface area (Å²) in [5.41, 5.74) is 4.83. The van der Waals surface area contributed by atoms with E-state index in [0.29, 0.717) is 19.5 Å². The average Bonchev–Trinajstić information content (AvgIpc) is 3.03. The number of amides is 2. The molecule has 0 bridgehead atoms. The molecule has 0 aliphatic rings. The molecular weight excluding hydrogens is 400 g/mol. The summed E-state index contributed by atoms with van der Waals surface area (Å²) >= 11 is 0. The van der Waals surface area contributed by atoms with Crippen LogP contribution in [0, 0.1) is 19.8 Å². The quantitative estimate of drug-likeness (QED) is 0.535. The van der Waals surface area contributed by atoms with Crippen molar-refractivity contribution in [3.05, 3.63) is 88.7 Å². The molecule has 0 aliphatic heterocycles. The van der Waals surface area contributed by atoms with Gasteiger partial charge in [-0.1, -0.05) is 74.5 Å². The van der Waals surface area contributed by atoms with Gasteiger partial charge in [0.2, 0.25) is 11.8 Å². The summed E-state index contributed by atoms with van der Waals surface area (Å²) in [4.78, 5) is 25.5. The van der Waals surface area contributed by atoms with E-state index in [1.165, 1.54) is 5.56 Å². The Bertz CT molecular complexity index is 1040. The van der Waals surface area contributed by atoms with Crippen molar-refractivity contribution >= 4 is 11.8 Å². The fraction of sp³-hybridized carbons (Fsp3) is 0.346. The van der Waals surface area contributed by atoms with Crippen molar-refractivity contribution in [3.63, 3.8) is 0 Å². The largest absolute Gasteiger partial charge is 0.350 e. The molecule has 2 aromatic carbocycles. The molecule has 1 heterocycles. The second kappa shape index (κ2) is 10.8. The third-order valence-corrected chi connectivity index (χ3v) is 5.44. The first-order valence-electron chi connectivity index (χ1n) is 11.0. The van der Waals surface area contributed by atoms with Crippen molar-refractivity contribution in [3.8, 4) is 0 Å². The highest BCUT2D eigenvalue weighted by atomic mass is 16.2. The van der Waals surface area contributed by atoms with Crippen molar-refractivity contribution in [1.82, 2.24) is 20.4 Å². The number of hydrogen-bond acceptors (Lipinski definition) is 3. The summed E-state index contributed by atoms with van der Waals surface area (Å²) < 4.78 is 1.96. The summed E-state index contributed by atoms with van der Waals surface area (Å²) in [6, 6.07) is 18.8. The van der Waals surface area contributed by atoms with Gasteiger partial charge in [0.05, 0.1) is 12.2 Å². The standard InChI is InChI=1S/C26H32N4O2/c1-18(2)15-24(31)28-25(22-13-9-6-10-14-22)26(32)27-16-23-19(3)29-30(20(23)4)17-21-11-7-5-8-12-21/h5-14,18,25H,15-17H2,1-4H3,(H,27,32)(H,28,31). The van der Waals surface area contributed by atoms with Crippen LogP contribution in [0.2, 0.25) is 0 Å². The lowest BCUT2D eigenvalue weighted by Gasteiger charge is -2.19. The molecule has 2 amide bonds. The Balaban J connectivity index is 1.72. The average molecular weight is 433 g/mol. The summed E-state index contributed by atoms with van der Waals surface area (Å²) in [5.74, 6) is -0.148. The molecular formula is C26H32N4O2. The zero-order chi connectivity index (χ0) is 23.1. The van der Waals surface area contributed by atoms with Crippen molar-refractivity contribution in [2.45, 2.75) is 53.2 Å². The minimum atomic E-state index is -0.734. The second-order valence-corrected chi connectivity index (χ2v) is 8.52. The van der Waals surface area contributed by atoms with Crippen molar-refractivity contribution < 1.29 is 9.59 Å². The Kier molecular flexibility index (Phi) is 7.82. The van der Waals surface area contributed by atoms with E-state index >= 15 is 0 Å². The van der Waals surface area contributed by atoms with E-state index in [2.05, 4.69) is 27.9 Å². The van der Waals surface area contributed by atoms with Crippen LogP contribution in [-0.2, 0) is 22.7 Å². The number of rotatable bonds is 9. The van der Waals surface area contributed by atoms with Gasteiger partial charge >= 0.3 is 0 Å². The molecule has 0 radical (unpaired) electrons. The van der Waals surface area contributed by atoms with Gasteiger partial charge in [-0.3, -0.25) is 14.3 Å². The highest BCUT2D eigenvalue weighted by Crippen LogP contribution is 2.17. The molecule has 0 saturated heterocycles. The van der Waals surface area contributed by atoms with Crippen LogP contribution >= 0.6 is 0 Å². The number of nitrogens with zero attached hydrogens (tertiary/aromatic N) is 2. The van der Waals surface area contributed by atoms with Crippen LogP contribution in [0.4, 0.5) is 0 Å². The first-order valence-corrected chi connectivity index (χ1v) is 11.0. The Morgan fingerprint density at radius 2 is 1.59 bits per heavy atom. The SMILES string of the molecule is Cc1nn(Cc2ccccc2)c(C)c1CNC(=O)C(NC(=O)CC(C)C)c1ccccc1. The minimum Gasteiger partial charge on any atom is -0.350 e. The maximum absolute atomic E-state index is 13.1. The molecule has 0 aliphatic carbocycles. The van der Waals surface area contributed by atoms with Crippen LogP contribution in [0.3, 0.4) is 0 Å². The molecule has 1 aromatic heterocycles. The van der Waals surface area contributed by atoms with Crippen molar-refractivity contribution in [1.29, 1.82) is 0 Å². The third kappa shape index (κ3) is 6.06. The van der Waals surface area contributed by atoms with Gasteiger partial charge in [-0.2, -0.15) is 5.10 Å². The normalized spacial score (nSPS) is 11.9. The summed E-state index contributed by atoms with van der Waals surface area (Å²) in [6.45, 7) is 8.97. The van der Waals surface area contributed by atoms with E-state index in [4.69, 9.17) is 0 Å². The predicted molar refractivity (Wildman–Crippen MR) is 126 cm³/mol. The van der Waals surface area contributed by atoms with Gasteiger partial charge in [0.25, 0.3) is 0 Å². The lowest BCUT2D eigenvalue weighted by atomic mass is 10.0. The highest BCUT2D eigenvalue weighted by Gasteiger charge is 2.23. The van der Waals surface area contributed by atoms with Gasteiger partial charge in [0.1, 0.15) is 6.04 Å². The van der Waals surface area contributed by atoms with E-state index in [-0.39, 0.29) is 17.7 Å². The monoisotopic (exact) mass is 432 g/mol. The number of nitrogens with one attached hydrogen (secondary N) is 2. The Hall–Kier alpha value is -3.41. The highest BCUT2D eigenvalue weighted by molar-refractivity contribution is 5.88. The third-order valence-electron chi connectivity index (χ3n) is 5.44. The van der Waals surface area contributed by atoms with Gasteiger partial charge in [0, 0.05) is 24.2 Å². The maximum atomic E-state index is 13.1. The van der Waals surface area contributed by atoms with Crippen LogP contribution in [0.25, 0.3) is 0 Å². The molecule has 32 heavy (non-hydrogen) atoms. The van der Waals surface area contributed by atoms with E-state index in [1.807, 2.05) is 80.9 Å². The number of carbonyl (C=O) groups is 2. The first kappa shape index (κ1) is 23.3. The van der Waals surface area contributed by atoms with Gasteiger partial charge < -0.3 is 10.6 Å². The summed E-state index contributed by atoms with van der Waals surface area (Å²) in [5, 5.41) is 10.6. The van der Waals surface area contributed by atoms with Crippen LogP contribution in [0.5, 0.6) is 0 Å². The number of aromatic nitrogens is 2. The van der Waals surface area contributed by atoms with Gasteiger partial charge in [0.15, 0.2) is 0 Å². The molecule has 1 unspecified atom stereocenters. The molecule has 0 spiro atoms. The zero-order valence-corrected chi connectivity index (χ0v) is 19.3. The zero-order valence-electron chi connectivity index (χ0n) is 19.3. The molecule has 0 saturated carbocycles. The van der Waals surface area contributed by atoms with Crippen LogP contribution in [0.15, 0.2) is 60.7 Å². The molecule has 168 valence electrons. The molecule has 3 rings (SSSR count). The lowest BCUT2D eigenvalue weighted by molar-refractivity contribution is -0.129. The van der Waals surface area contributed by atoms with Crippen molar-refractivity contribution in [2.75, 3.05) is 0 Å². The predicted octanol–water partition coefficient (Wildman–Crippen LogP) is 4.07. The van der Waals surface area contributed by atoms with Gasteiger partial charge in [-0.05, 0) is 30.9 Å². The summed E-state index contributed by atoms with van der Waals surface area (Å²) in [6.07, 6.45) is 0.376. The number of hydrogen-bond donors (Lipinski definition) is 2. The topological polar surface area (TPSA) is 76.0 Å². The number of benzene rings is 2.